The van der Waals surface area contributed by atoms with E-state index in [1.807, 2.05) is 0 Å². The second-order valence-corrected chi connectivity index (χ2v) is 3.35. The van der Waals surface area contributed by atoms with E-state index in [1.165, 1.54) is 0 Å². The Morgan fingerprint density at radius 3 is 1.62 bits per heavy atom. The van der Waals surface area contributed by atoms with Crippen molar-refractivity contribution >= 4 is 7.82 Å². The zero-order valence-electron chi connectivity index (χ0n) is 4.53. The van der Waals surface area contributed by atoms with Crippen molar-refractivity contribution < 1.29 is 109 Å². The SMILES string of the molecule is O=P([O-])([O-])[O][Ta].[K+].[Li+]. The van der Waals surface area contributed by atoms with Gasteiger partial charge in [0.05, 0.1) is 0 Å². The van der Waals surface area contributed by atoms with Gasteiger partial charge in [0.1, 0.15) is 0 Å². The van der Waals surface area contributed by atoms with E-state index in [0.717, 1.165) is 0 Å². The van der Waals surface area contributed by atoms with E-state index in [2.05, 4.69) is 3.03 Å². The summed E-state index contributed by atoms with van der Waals surface area (Å²) >= 11 is 0.132. The summed E-state index contributed by atoms with van der Waals surface area (Å²) in [4.78, 5) is 18.6. The molecule has 0 saturated carbocycles. The van der Waals surface area contributed by atoms with Gasteiger partial charge in [-0.05, 0) is 0 Å². The Bertz CT molecular complexity index is 80.1. The van der Waals surface area contributed by atoms with Crippen LogP contribution < -0.4 is 80.0 Å². The van der Waals surface area contributed by atoms with Crippen LogP contribution in [0.25, 0.3) is 0 Å². The zero-order valence-corrected chi connectivity index (χ0v) is 11.8. The third-order valence-electron chi connectivity index (χ3n) is 0.100. The van der Waals surface area contributed by atoms with Gasteiger partial charge in [-0.1, -0.05) is 0 Å². The molecule has 0 atom stereocenters. The molecule has 0 N–H and O–H groups in total. The van der Waals surface area contributed by atoms with Crippen LogP contribution in [0.2, 0.25) is 0 Å². The largest absolute Gasteiger partial charge is 1.00 e. The van der Waals surface area contributed by atoms with E-state index in [9.17, 15) is 14.4 Å². The topological polar surface area (TPSA) is 72.4 Å². The molecule has 0 radical (unpaired) electrons. The van der Waals surface area contributed by atoms with E-state index in [-0.39, 0.29) is 91.7 Å². The van der Waals surface area contributed by atoms with Gasteiger partial charge in [-0.2, -0.15) is 0 Å². The quantitative estimate of drug-likeness (QED) is 0.355. The molecular weight excluding hydrogens is 322 g/mol. The summed E-state index contributed by atoms with van der Waals surface area (Å²) in [6, 6.07) is 0. The summed E-state index contributed by atoms with van der Waals surface area (Å²) in [6.45, 7) is 0. The molecule has 0 fully saturated rings. The fourth-order valence-electron chi connectivity index (χ4n) is 0. The van der Waals surface area contributed by atoms with Gasteiger partial charge in [-0.3, -0.25) is 0 Å². The Balaban J connectivity index is -0.000000125. The molecule has 0 aliphatic heterocycles. The summed E-state index contributed by atoms with van der Waals surface area (Å²) in [5, 5.41) is 0. The summed E-state index contributed by atoms with van der Waals surface area (Å²) in [5.41, 5.74) is 0. The van der Waals surface area contributed by atoms with E-state index in [4.69, 9.17) is 0 Å². The Hall–Kier alpha value is 3.08. The third-order valence-corrected chi connectivity index (χ3v) is 2.46. The third kappa shape index (κ3) is 16.0. The second kappa shape index (κ2) is 8.18. The van der Waals surface area contributed by atoms with Crippen LogP contribution in [-0.4, -0.2) is 0 Å². The molecular formula is KLiO4PTa. The number of hydrogen-bond acceptors (Lipinski definition) is 4. The van der Waals surface area contributed by atoms with Gasteiger partial charge < -0.3 is 0 Å². The van der Waals surface area contributed by atoms with Crippen LogP contribution in [0, 0.1) is 0 Å². The van der Waals surface area contributed by atoms with Crippen molar-refractivity contribution in [2.45, 2.75) is 0 Å². The molecule has 8 heteroatoms. The first kappa shape index (κ1) is 17.2. The molecule has 0 aromatic rings. The van der Waals surface area contributed by atoms with Crippen molar-refractivity contribution in [3.63, 3.8) is 0 Å². The molecule has 0 spiro atoms. The van der Waals surface area contributed by atoms with E-state index < -0.39 is 7.82 Å². The van der Waals surface area contributed by atoms with Gasteiger partial charge in [-0.15, -0.1) is 0 Å². The van der Waals surface area contributed by atoms with Crippen molar-refractivity contribution in [1.29, 1.82) is 0 Å². The van der Waals surface area contributed by atoms with Gasteiger partial charge in [-0.25, -0.2) is 0 Å². The minimum absolute atomic E-state index is 0. The Kier molecular flexibility index (Phi) is 17.6. The van der Waals surface area contributed by atoms with Gasteiger partial charge in [0, 0.05) is 0 Å². The van der Waals surface area contributed by atoms with Gasteiger partial charge in [0.15, 0.2) is 0 Å². The fourth-order valence-corrected chi connectivity index (χ4v) is 0. The van der Waals surface area contributed by atoms with Crippen LogP contribution in [0.5, 0.6) is 0 Å². The van der Waals surface area contributed by atoms with Crippen LogP contribution in [0.15, 0.2) is 0 Å². The molecule has 0 aliphatic rings. The van der Waals surface area contributed by atoms with Crippen LogP contribution in [-0.2, 0) is 29.1 Å². The maximum absolute atomic E-state index is 9.28. The molecule has 36 valence electrons. The van der Waals surface area contributed by atoms with Crippen molar-refractivity contribution in [3.8, 4) is 0 Å². The molecule has 0 bridgehead atoms. The normalized spacial score (nSPS) is 8.75. The summed E-state index contributed by atoms with van der Waals surface area (Å²) < 4.78 is 12.8. The van der Waals surface area contributed by atoms with Crippen molar-refractivity contribution in [2.24, 2.45) is 0 Å². The maximum atomic E-state index is 9.28. The summed E-state index contributed by atoms with van der Waals surface area (Å²) in [5.74, 6) is 0. The van der Waals surface area contributed by atoms with Crippen molar-refractivity contribution in [2.75, 3.05) is 0 Å². The number of phosphoric acid groups is 1. The first-order valence-electron chi connectivity index (χ1n) is 0.913. The van der Waals surface area contributed by atoms with Gasteiger partial charge in [0.2, 0.25) is 0 Å². The average molecular weight is 322 g/mol. The van der Waals surface area contributed by atoms with E-state index >= 15 is 0 Å². The molecule has 0 aliphatic carbocycles. The molecule has 0 heterocycles. The van der Waals surface area contributed by atoms with Crippen molar-refractivity contribution in [1.82, 2.24) is 0 Å². The predicted octanol–water partition coefficient (Wildman–Crippen LogP) is -7.70. The Morgan fingerprint density at radius 1 is 1.50 bits per heavy atom. The van der Waals surface area contributed by atoms with Crippen LogP contribution in [0.3, 0.4) is 0 Å². The maximum Gasteiger partial charge on any atom is 1.00 e. The second-order valence-electron chi connectivity index (χ2n) is 0.529. The van der Waals surface area contributed by atoms with Crippen molar-refractivity contribution in [3.05, 3.63) is 0 Å². The fraction of sp³-hybridized carbons (Fsp3) is 0. The monoisotopic (exact) mass is 322 g/mol. The molecule has 0 aromatic carbocycles. The standard InChI is InChI=1S/K.Li.H3O4P.Ta/c;;1-5(2,3)4;/h;;(H3,1,2,3,4);/q2*+1;;+1/p-3. The molecule has 0 rings (SSSR count). The average Bonchev–Trinajstić information content (AvgIpc) is 1.35. The smallest absolute Gasteiger partial charge is 1.00 e. The Labute approximate surface area is 114 Å². The summed E-state index contributed by atoms with van der Waals surface area (Å²) in [7, 11) is -4.60. The summed E-state index contributed by atoms with van der Waals surface area (Å²) in [6.07, 6.45) is 0. The predicted molar refractivity (Wildman–Crippen MR) is 8.69 cm³/mol. The Morgan fingerprint density at radius 2 is 1.62 bits per heavy atom. The van der Waals surface area contributed by atoms with E-state index in [0.29, 0.717) is 0 Å². The molecule has 8 heavy (non-hydrogen) atoms. The number of rotatable bonds is 1. The molecule has 0 amide bonds. The van der Waals surface area contributed by atoms with E-state index in [1.54, 1.807) is 0 Å². The molecule has 4 nitrogen and oxygen atoms in total. The molecule has 0 unspecified atom stereocenters. The van der Waals surface area contributed by atoms with Crippen LogP contribution in [0.4, 0.5) is 0 Å². The molecule has 0 aromatic heterocycles. The minimum Gasteiger partial charge on any atom is 1.00 e. The van der Waals surface area contributed by atoms with Gasteiger partial charge in [0.25, 0.3) is 0 Å². The number of hydrogen-bond donors (Lipinski definition) is 0. The molecule has 0 saturated heterocycles. The zero-order chi connectivity index (χ0) is 5.21. The first-order valence-corrected chi connectivity index (χ1v) is 3.69. The van der Waals surface area contributed by atoms with Crippen LogP contribution in [0.1, 0.15) is 0 Å². The van der Waals surface area contributed by atoms with Crippen LogP contribution >= 0.6 is 7.82 Å². The first-order chi connectivity index (χ1) is 2.56. The van der Waals surface area contributed by atoms with Gasteiger partial charge >= 0.3 is 117 Å². The minimum atomic E-state index is -4.60.